The highest BCUT2D eigenvalue weighted by atomic mass is 16.5. The largest absolute Gasteiger partial charge is 0.506 e. The molecule has 0 unspecified atom stereocenters. The summed E-state index contributed by atoms with van der Waals surface area (Å²) in [5.74, 6) is 0.100. The van der Waals surface area contributed by atoms with Crippen LogP contribution < -0.4 is 5.32 Å². The summed E-state index contributed by atoms with van der Waals surface area (Å²) >= 11 is 0. The second kappa shape index (κ2) is 4.38. The third-order valence-corrected chi connectivity index (χ3v) is 3.23. The van der Waals surface area contributed by atoms with Crippen LogP contribution in [-0.2, 0) is 9.53 Å². The molecule has 0 aromatic heterocycles. The first-order valence-corrected chi connectivity index (χ1v) is 6.24. The van der Waals surface area contributed by atoms with Gasteiger partial charge in [-0.25, -0.2) is 0 Å². The number of ether oxygens (including phenoxy) is 1. The van der Waals surface area contributed by atoms with Crippen molar-refractivity contribution in [2.24, 2.45) is 0 Å². The number of para-hydroxylation sites is 2. The Kier molecular flexibility index (Phi) is 3.14. The molecule has 1 saturated heterocycles. The van der Waals surface area contributed by atoms with E-state index in [0.717, 1.165) is 0 Å². The fourth-order valence-corrected chi connectivity index (χ4v) is 2.32. The van der Waals surface area contributed by atoms with E-state index in [1.54, 1.807) is 38.2 Å². The van der Waals surface area contributed by atoms with E-state index in [0.29, 0.717) is 11.3 Å². The third kappa shape index (κ3) is 2.49. The maximum absolute atomic E-state index is 12.3. The van der Waals surface area contributed by atoms with E-state index in [1.165, 1.54) is 0 Å². The van der Waals surface area contributed by atoms with Gasteiger partial charge in [-0.15, -0.1) is 0 Å². The molecular formula is C15H19NO3. The standard InChI is InChI=1S/C15H19NO3/c1-14(2)10(13(18)15(3,4)19-14)9-16-11-7-5-6-8-12(11)17/h5-9,16-17H,1-4H3. The molecule has 0 radical (unpaired) electrons. The van der Waals surface area contributed by atoms with Gasteiger partial charge in [0.1, 0.15) is 11.4 Å². The molecule has 2 N–H and O–H groups in total. The van der Waals surface area contributed by atoms with Gasteiger partial charge in [-0.05, 0) is 39.8 Å². The van der Waals surface area contributed by atoms with E-state index < -0.39 is 11.2 Å². The third-order valence-electron chi connectivity index (χ3n) is 3.23. The smallest absolute Gasteiger partial charge is 0.194 e. The molecule has 1 fully saturated rings. The SMILES string of the molecule is CC1(C)OC(C)(C)C(=CNc2ccccc2O)C1=O. The summed E-state index contributed by atoms with van der Waals surface area (Å²) in [6.45, 7) is 7.24. The van der Waals surface area contributed by atoms with Gasteiger partial charge >= 0.3 is 0 Å². The molecule has 2 rings (SSSR count). The molecule has 4 heteroatoms. The van der Waals surface area contributed by atoms with E-state index >= 15 is 0 Å². The minimum Gasteiger partial charge on any atom is -0.506 e. The Balaban J connectivity index is 2.29. The van der Waals surface area contributed by atoms with Crippen LogP contribution in [0, 0.1) is 0 Å². The van der Waals surface area contributed by atoms with Gasteiger partial charge in [0.15, 0.2) is 5.78 Å². The Labute approximate surface area is 113 Å². The van der Waals surface area contributed by atoms with Gasteiger partial charge < -0.3 is 15.2 Å². The zero-order chi connectivity index (χ0) is 14.3. The lowest BCUT2D eigenvalue weighted by molar-refractivity contribution is -0.132. The van der Waals surface area contributed by atoms with Crippen LogP contribution in [0.5, 0.6) is 5.75 Å². The van der Waals surface area contributed by atoms with Crippen LogP contribution in [0.25, 0.3) is 0 Å². The highest BCUT2D eigenvalue weighted by molar-refractivity contribution is 6.05. The summed E-state index contributed by atoms with van der Waals surface area (Å²) in [5.41, 5.74) is -0.322. The topological polar surface area (TPSA) is 58.6 Å². The van der Waals surface area contributed by atoms with Crippen molar-refractivity contribution < 1.29 is 14.6 Å². The number of carbonyl (C=O) groups is 1. The molecule has 0 spiro atoms. The maximum Gasteiger partial charge on any atom is 0.194 e. The molecule has 0 bridgehead atoms. The van der Waals surface area contributed by atoms with Gasteiger partial charge in [0, 0.05) is 11.8 Å². The summed E-state index contributed by atoms with van der Waals surface area (Å²) in [5, 5.41) is 12.6. The molecule has 0 atom stereocenters. The molecule has 0 saturated carbocycles. The minimum atomic E-state index is -0.810. The van der Waals surface area contributed by atoms with Gasteiger partial charge in [-0.3, -0.25) is 4.79 Å². The molecule has 0 aliphatic carbocycles. The monoisotopic (exact) mass is 261 g/mol. The average Bonchev–Trinajstić information content (AvgIpc) is 2.44. The van der Waals surface area contributed by atoms with E-state index in [9.17, 15) is 9.90 Å². The van der Waals surface area contributed by atoms with Crippen molar-refractivity contribution in [2.45, 2.75) is 38.9 Å². The van der Waals surface area contributed by atoms with Gasteiger partial charge in [-0.2, -0.15) is 0 Å². The zero-order valence-electron chi connectivity index (χ0n) is 11.7. The van der Waals surface area contributed by atoms with Crippen LogP contribution in [-0.4, -0.2) is 22.1 Å². The van der Waals surface area contributed by atoms with Crippen molar-refractivity contribution in [3.63, 3.8) is 0 Å². The number of carbonyl (C=O) groups excluding carboxylic acids is 1. The number of phenols is 1. The van der Waals surface area contributed by atoms with Crippen molar-refractivity contribution in [3.05, 3.63) is 36.0 Å². The van der Waals surface area contributed by atoms with Crippen molar-refractivity contribution in [2.75, 3.05) is 5.32 Å². The molecule has 102 valence electrons. The lowest BCUT2D eigenvalue weighted by Crippen LogP contribution is -2.29. The predicted octanol–water partition coefficient (Wildman–Crippen LogP) is 2.84. The number of ketones is 1. The number of hydrogen-bond donors (Lipinski definition) is 2. The molecule has 4 nitrogen and oxygen atoms in total. The lowest BCUT2D eigenvalue weighted by atomic mass is 9.93. The molecule has 1 aliphatic heterocycles. The summed E-state index contributed by atoms with van der Waals surface area (Å²) in [7, 11) is 0. The van der Waals surface area contributed by atoms with Crippen LogP contribution in [0.2, 0.25) is 0 Å². The number of hydrogen-bond acceptors (Lipinski definition) is 4. The number of rotatable bonds is 2. The summed E-state index contributed by atoms with van der Waals surface area (Å²) in [6, 6.07) is 6.88. The number of aromatic hydroxyl groups is 1. The van der Waals surface area contributed by atoms with Crippen molar-refractivity contribution in [3.8, 4) is 5.75 Å². The molecule has 19 heavy (non-hydrogen) atoms. The van der Waals surface area contributed by atoms with Crippen molar-refractivity contribution in [1.29, 1.82) is 0 Å². The van der Waals surface area contributed by atoms with Crippen LogP contribution >= 0.6 is 0 Å². The zero-order valence-corrected chi connectivity index (χ0v) is 11.7. The summed E-state index contributed by atoms with van der Waals surface area (Å²) in [6.07, 6.45) is 1.62. The highest BCUT2D eigenvalue weighted by Gasteiger charge is 2.49. The number of anilines is 1. The molecular weight excluding hydrogens is 242 g/mol. The molecule has 1 aromatic carbocycles. The van der Waals surface area contributed by atoms with Gasteiger partial charge in [-0.1, -0.05) is 12.1 Å². The van der Waals surface area contributed by atoms with E-state index in [-0.39, 0.29) is 11.5 Å². The number of Topliss-reactive ketones (excluding diaryl/α,β-unsaturated/α-hetero) is 1. The highest BCUT2D eigenvalue weighted by Crippen LogP contribution is 2.38. The Morgan fingerprint density at radius 1 is 1.16 bits per heavy atom. The minimum absolute atomic E-state index is 0.0413. The Bertz CT molecular complexity index is 544. The quantitative estimate of drug-likeness (QED) is 0.635. The Hall–Kier alpha value is -1.81. The molecule has 1 aromatic rings. The summed E-state index contributed by atoms with van der Waals surface area (Å²) in [4.78, 5) is 12.3. The van der Waals surface area contributed by atoms with Gasteiger partial charge in [0.2, 0.25) is 0 Å². The average molecular weight is 261 g/mol. The Morgan fingerprint density at radius 2 is 1.79 bits per heavy atom. The normalized spacial score (nSPS) is 22.7. The van der Waals surface area contributed by atoms with Crippen molar-refractivity contribution in [1.82, 2.24) is 0 Å². The Morgan fingerprint density at radius 3 is 2.32 bits per heavy atom. The molecule has 0 amide bonds. The first-order valence-electron chi connectivity index (χ1n) is 6.24. The number of phenolic OH excluding ortho intramolecular Hbond substituents is 1. The lowest BCUT2D eigenvalue weighted by Gasteiger charge is -2.22. The predicted molar refractivity (Wildman–Crippen MR) is 74.1 cm³/mol. The first kappa shape index (κ1) is 13.6. The van der Waals surface area contributed by atoms with E-state index in [2.05, 4.69) is 5.32 Å². The van der Waals surface area contributed by atoms with Gasteiger partial charge in [0.05, 0.1) is 11.3 Å². The maximum atomic E-state index is 12.3. The number of benzene rings is 1. The summed E-state index contributed by atoms with van der Waals surface area (Å²) < 4.78 is 5.76. The fraction of sp³-hybridized carbons (Fsp3) is 0.400. The second-order valence-electron chi connectivity index (χ2n) is 5.67. The number of nitrogens with one attached hydrogen (secondary N) is 1. The fourth-order valence-electron chi connectivity index (χ4n) is 2.32. The molecule has 1 aliphatic rings. The van der Waals surface area contributed by atoms with Crippen LogP contribution in [0.4, 0.5) is 5.69 Å². The van der Waals surface area contributed by atoms with Crippen LogP contribution in [0.15, 0.2) is 36.0 Å². The van der Waals surface area contributed by atoms with Crippen LogP contribution in [0.3, 0.4) is 0 Å². The molecule has 1 heterocycles. The first-order chi connectivity index (χ1) is 8.74. The van der Waals surface area contributed by atoms with Gasteiger partial charge in [0.25, 0.3) is 0 Å². The van der Waals surface area contributed by atoms with E-state index in [1.807, 2.05) is 19.9 Å². The second-order valence-corrected chi connectivity index (χ2v) is 5.67. The van der Waals surface area contributed by atoms with Crippen LogP contribution in [0.1, 0.15) is 27.7 Å². The van der Waals surface area contributed by atoms with Crippen molar-refractivity contribution >= 4 is 11.5 Å². The van der Waals surface area contributed by atoms with E-state index in [4.69, 9.17) is 4.74 Å².